The molecule has 0 aliphatic rings. The average molecular weight is 332 g/mol. The van der Waals surface area contributed by atoms with Crippen molar-refractivity contribution in [2.45, 2.75) is 43.9 Å². The van der Waals surface area contributed by atoms with Gasteiger partial charge in [-0.25, -0.2) is 0 Å². The molecule has 1 heterocycles. The minimum absolute atomic E-state index is 0.205. The van der Waals surface area contributed by atoms with Crippen LogP contribution in [0.1, 0.15) is 55.1 Å². The second-order valence-electron chi connectivity index (χ2n) is 6.34. The van der Waals surface area contributed by atoms with Crippen molar-refractivity contribution >= 4 is 15.9 Å². The first kappa shape index (κ1) is 15.2. The molecular formula is C18H22BrN. The number of alkyl halides is 1. The van der Waals surface area contributed by atoms with Gasteiger partial charge < -0.3 is 0 Å². The van der Waals surface area contributed by atoms with E-state index in [-0.39, 0.29) is 5.41 Å². The molecule has 1 aromatic carbocycles. The molecule has 2 aromatic rings. The van der Waals surface area contributed by atoms with Gasteiger partial charge in [0.1, 0.15) is 0 Å². The molecule has 0 radical (unpaired) electrons. The highest BCUT2D eigenvalue weighted by atomic mass is 79.9. The summed E-state index contributed by atoms with van der Waals surface area (Å²) in [5, 5.41) is 0. The third-order valence-electron chi connectivity index (χ3n) is 3.77. The van der Waals surface area contributed by atoms with Crippen LogP contribution in [-0.2, 0) is 5.41 Å². The Bertz CT molecular complexity index is 540. The number of rotatable bonds is 3. The van der Waals surface area contributed by atoms with Gasteiger partial charge in [0, 0.05) is 17.2 Å². The quantitative estimate of drug-likeness (QED) is 0.665. The fraction of sp³-hybridized carbons (Fsp3) is 0.389. The van der Waals surface area contributed by atoms with Crippen molar-refractivity contribution in [2.75, 3.05) is 0 Å². The molecule has 2 atom stereocenters. The Morgan fingerprint density at radius 3 is 1.95 bits per heavy atom. The number of hydrogen-bond acceptors (Lipinski definition) is 1. The van der Waals surface area contributed by atoms with Crippen LogP contribution in [0.5, 0.6) is 0 Å². The van der Waals surface area contributed by atoms with Crippen LogP contribution < -0.4 is 0 Å². The molecule has 0 saturated carbocycles. The van der Waals surface area contributed by atoms with Crippen LogP contribution in [-0.4, -0.2) is 4.98 Å². The van der Waals surface area contributed by atoms with Gasteiger partial charge in [-0.1, -0.05) is 67.9 Å². The summed E-state index contributed by atoms with van der Waals surface area (Å²) in [5.41, 5.74) is 4.21. The van der Waals surface area contributed by atoms with Gasteiger partial charge >= 0.3 is 0 Å². The Morgan fingerprint density at radius 1 is 0.900 bits per heavy atom. The molecule has 0 amide bonds. The second-order valence-corrected chi connectivity index (χ2v) is 7.33. The zero-order valence-corrected chi connectivity index (χ0v) is 14.2. The van der Waals surface area contributed by atoms with E-state index in [0.29, 0.717) is 10.7 Å². The van der Waals surface area contributed by atoms with Crippen molar-refractivity contribution in [3.8, 4) is 0 Å². The fourth-order valence-corrected chi connectivity index (χ4v) is 2.90. The van der Waals surface area contributed by atoms with Crippen molar-refractivity contribution in [2.24, 2.45) is 0 Å². The third kappa shape index (κ3) is 3.49. The molecule has 0 saturated heterocycles. The Balaban J connectivity index is 2.19. The van der Waals surface area contributed by atoms with Crippen molar-refractivity contribution in [3.05, 3.63) is 65.5 Å². The predicted octanol–water partition coefficient (Wildman–Crippen LogP) is 5.62. The van der Waals surface area contributed by atoms with Gasteiger partial charge in [-0.3, -0.25) is 4.98 Å². The van der Waals surface area contributed by atoms with Crippen molar-refractivity contribution in [3.63, 3.8) is 0 Å². The van der Waals surface area contributed by atoms with Gasteiger partial charge in [-0.05, 0) is 40.2 Å². The molecule has 0 fully saturated rings. The van der Waals surface area contributed by atoms with Gasteiger partial charge in [0.15, 0.2) is 0 Å². The maximum absolute atomic E-state index is 4.08. The topological polar surface area (TPSA) is 12.9 Å². The van der Waals surface area contributed by atoms with Crippen molar-refractivity contribution in [1.82, 2.24) is 4.98 Å². The van der Waals surface area contributed by atoms with E-state index in [4.69, 9.17) is 0 Å². The molecule has 1 nitrogen and oxygen atoms in total. The molecule has 0 bridgehead atoms. The molecule has 0 aliphatic heterocycles. The molecule has 0 N–H and O–H groups in total. The van der Waals surface area contributed by atoms with Gasteiger partial charge in [-0.2, -0.15) is 0 Å². The molecule has 2 rings (SSSR count). The summed E-state index contributed by atoms with van der Waals surface area (Å²) in [4.78, 5) is 4.40. The molecule has 0 aliphatic carbocycles. The minimum Gasteiger partial charge on any atom is -0.265 e. The monoisotopic (exact) mass is 331 g/mol. The Kier molecular flexibility index (Phi) is 4.64. The largest absolute Gasteiger partial charge is 0.265 e. The van der Waals surface area contributed by atoms with Gasteiger partial charge in [0.05, 0.1) is 0 Å². The summed E-state index contributed by atoms with van der Waals surface area (Å²) >= 11 is 3.84. The molecule has 2 unspecified atom stereocenters. The molecule has 1 aromatic heterocycles. The smallest absolute Gasteiger partial charge is 0.0461 e. The van der Waals surface area contributed by atoms with E-state index in [1.807, 2.05) is 12.4 Å². The van der Waals surface area contributed by atoms with Crippen LogP contribution >= 0.6 is 15.9 Å². The number of pyridine rings is 1. The van der Waals surface area contributed by atoms with E-state index >= 15 is 0 Å². The van der Waals surface area contributed by atoms with Crippen LogP contribution in [0.15, 0.2) is 48.8 Å². The summed E-state index contributed by atoms with van der Waals surface area (Å²) < 4.78 is 0. The molecule has 106 valence electrons. The lowest BCUT2D eigenvalue weighted by molar-refractivity contribution is 0.589. The molecule has 2 heteroatoms. The first-order valence-electron chi connectivity index (χ1n) is 7.04. The third-order valence-corrected chi connectivity index (χ3v) is 5.09. The average Bonchev–Trinajstić information content (AvgIpc) is 2.46. The van der Waals surface area contributed by atoms with Gasteiger partial charge in [0.25, 0.3) is 0 Å². The Morgan fingerprint density at radius 2 is 1.45 bits per heavy atom. The Labute approximate surface area is 130 Å². The Hall–Kier alpha value is -1.15. The number of benzene rings is 1. The summed E-state index contributed by atoms with van der Waals surface area (Å²) in [6.07, 6.45) is 3.71. The standard InChI is InChI=1S/C18H22BrN/c1-13(14-9-11-20-12-10-14)17(19)15-5-7-16(8-6-15)18(2,3)4/h5-13,17H,1-4H3. The van der Waals surface area contributed by atoms with E-state index in [1.54, 1.807) is 0 Å². The van der Waals surface area contributed by atoms with Crippen LogP contribution in [0.4, 0.5) is 0 Å². The first-order chi connectivity index (χ1) is 9.39. The van der Waals surface area contributed by atoms with Gasteiger partial charge in [-0.15, -0.1) is 0 Å². The summed E-state index contributed by atoms with van der Waals surface area (Å²) in [6, 6.07) is 13.1. The van der Waals surface area contributed by atoms with Crippen LogP contribution in [0, 0.1) is 0 Å². The van der Waals surface area contributed by atoms with Crippen LogP contribution in [0.2, 0.25) is 0 Å². The zero-order valence-electron chi connectivity index (χ0n) is 12.6. The summed E-state index contributed by atoms with van der Waals surface area (Å²) in [7, 11) is 0. The van der Waals surface area contributed by atoms with Crippen LogP contribution in [0.3, 0.4) is 0 Å². The molecule has 0 spiro atoms. The number of aromatic nitrogens is 1. The summed E-state index contributed by atoms with van der Waals surface area (Å²) in [5.74, 6) is 0.415. The first-order valence-corrected chi connectivity index (χ1v) is 7.95. The lowest BCUT2D eigenvalue weighted by Crippen LogP contribution is -2.11. The second kappa shape index (κ2) is 6.09. The maximum atomic E-state index is 4.08. The number of halogens is 1. The SMILES string of the molecule is CC(c1ccncc1)C(Br)c1ccc(C(C)(C)C)cc1. The highest BCUT2D eigenvalue weighted by Gasteiger charge is 2.19. The lowest BCUT2D eigenvalue weighted by atomic mass is 9.85. The zero-order chi connectivity index (χ0) is 14.8. The summed E-state index contributed by atoms with van der Waals surface area (Å²) in [6.45, 7) is 8.97. The minimum atomic E-state index is 0.205. The maximum Gasteiger partial charge on any atom is 0.0461 e. The van der Waals surface area contributed by atoms with E-state index in [9.17, 15) is 0 Å². The molecular weight excluding hydrogens is 310 g/mol. The lowest BCUT2D eigenvalue weighted by Gasteiger charge is -2.22. The number of nitrogens with zero attached hydrogens (tertiary/aromatic N) is 1. The van der Waals surface area contributed by atoms with E-state index in [0.717, 1.165) is 0 Å². The van der Waals surface area contributed by atoms with E-state index in [2.05, 4.69) is 85.0 Å². The van der Waals surface area contributed by atoms with Crippen LogP contribution in [0.25, 0.3) is 0 Å². The van der Waals surface area contributed by atoms with E-state index in [1.165, 1.54) is 16.7 Å². The highest BCUT2D eigenvalue weighted by Crippen LogP contribution is 2.38. The molecule has 20 heavy (non-hydrogen) atoms. The number of hydrogen-bond donors (Lipinski definition) is 0. The normalized spacial score (nSPS) is 14.8. The predicted molar refractivity (Wildman–Crippen MR) is 89.5 cm³/mol. The van der Waals surface area contributed by atoms with Gasteiger partial charge in [0.2, 0.25) is 0 Å². The highest BCUT2D eigenvalue weighted by molar-refractivity contribution is 9.09. The van der Waals surface area contributed by atoms with Crippen molar-refractivity contribution < 1.29 is 0 Å². The fourth-order valence-electron chi connectivity index (χ4n) is 2.29. The van der Waals surface area contributed by atoms with Crippen molar-refractivity contribution in [1.29, 1.82) is 0 Å². The van der Waals surface area contributed by atoms with E-state index < -0.39 is 0 Å².